The average Bonchev–Trinajstić information content (AvgIpc) is 3.38. The van der Waals surface area contributed by atoms with Crippen LogP contribution in [-0.4, -0.2) is 33.8 Å². The highest BCUT2D eigenvalue weighted by Crippen LogP contribution is 2.33. The number of para-hydroxylation sites is 1. The third kappa shape index (κ3) is 6.38. The largest absolute Gasteiger partial charge is 0.435 e. The molecule has 1 saturated carbocycles. The first-order chi connectivity index (χ1) is 18.1. The van der Waals surface area contributed by atoms with Crippen molar-refractivity contribution in [3.05, 3.63) is 83.2 Å². The maximum atomic E-state index is 13.6. The molecule has 1 amide bonds. The van der Waals surface area contributed by atoms with Gasteiger partial charge in [-0.05, 0) is 50.7 Å². The molecule has 0 unspecified atom stereocenters. The number of hydrogen-bond donors (Lipinski definition) is 1. The number of carbonyl (C=O) groups is 3. The van der Waals surface area contributed by atoms with E-state index in [1.807, 2.05) is 18.2 Å². The SMILES string of the molecule is Cc1ccccc1-n1cc(C(=O)NCCCC(=O)C2CCC(C(=O)c3ccccc3)CC2)c(C(F)(F)F)n1. The zero-order valence-corrected chi connectivity index (χ0v) is 21.1. The van der Waals surface area contributed by atoms with Crippen LogP contribution in [0.15, 0.2) is 60.8 Å². The summed E-state index contributed by atoms with van der Waals surface area (Å²) in [6, 6.07) is 16.0. The molecule has 200 valence electrons. The maximum Gasteiger partial charge on any atom is 0.435 e. The molecule has 3 aromatic rings. The Bertz CT molecular complexity index is 1290. The zero-order chi connectivity index (χ0) is 27.3. The number of rotatable bonds is 9. The second-order valence-corrected chi connectivity index (χ2v) is 9.72. The quantitative estimate of drug-likeness (QED) is 0.276. The molecule has 1 N–H and O–H groups in total. The Hall–Kier alpha value is -3.75. The smallest absolute Gasteiger partial charge is 0.352 e. The van der Waals surface area contributed by atoms with E-state index in [0.29, 0.717) is 48.9 Å². The van der Waals surface area contributed by atoms with E-state index < -0.39 is 23.3 Å². The van der Waals surface area contributed by atoms with Gasteiger partial charge in [-0.25, -0.2) is 4.68 Å². The van der Waals surface area contributed by atoms with Gasteiger partial charge in [-0.3, -0.25) is 14.4 Å². The second kappa shape index (κ2) is 11.8. The van der Waals surface area contributed by atoms with Gasteiger partial charge in [0.2, 0.25) is 0 Å². The van der Waals surface area contributed by atoms with Crippen LogP contribution in [0.1, 0.15) is 70.5 Å². The number of Topliss-reactive ketones (excluding diaryl/α,β-unsaturated/α-hetero) is 2. The van der Waals surface area contributed by atoms with Gasteiger partial charge in [0.25, 0.3) is 5.91 Å². The molecule has 0 aliphatic heterocycles. The molecule has 6 nitrogen and oxygen atoms in total. The van der Waals surface area contributed by atoms with Crippen molar-refractivity contribution in [3.8, 4) is 5.69 Å². The van der Waals surface area contributed by atoms with E-state index in [-0.39, 0.29) is 36.4 Å². The number of carbonyl (C=O) groups excluding carboxylic acids is 3. The van der Waals surface area contributed by atoms with Crippen LogP contribution in [-0.2, 0) is 11.0 Å². The van der Waals surface area contributed by atoms with Gasteiger partial charge in [0.05, 0.1) is 11.3 Å². The average molecular weight is 526 g/mol. The van der Waals surface area contributed by atoms with Crippen LogP contribution >= 0.6 is 0 Å². The molecule has 1 fully saturated rings. The Labute approximate surface area is 219 Å². The van der Waals surface area contributed by atoms with Gasteiger partial charge in [0.1, 0.15) is 5.78 Å². The van der Waals surface area contributed by atoms with E-state index in [2.05, 4.69) is 10.4 Å². The molecule has 1 heterocycles. The highest BCUT2D eigenvalue weighted by molar-refractivity contribution is 5.98. The van der Waals surface area contributed by atoms with Gasteiger partial charge in [-0.1, -0.05) is 48.5 Å². The topological polar surface area (TPSA) is 81.1 Å². The van der Waals surface area contributed by atoms with Gasteiger partial charge in [-0.15, -0.1) is 0 Å². The van der Waals surface area contributed by atoms with E-state index in [0.717, 1.165) is 10.9 Å². The number of alkyl halides is 3. The summed E-state index contributed by atoms with van der Waals surface area (Å²) in [6.07, 6.45) is -0.573. The van der Waals surface area contributed by atoms with Crippen LogP contribution in [0.25, 0.3) is 5.69 Å². The maximum absolute atomic E-state index is 13.6. The molecule has 2 aromatic carbocycles. The molecule has 9 heteroatoms. The van der Waals surface area contributed by atoms with E-state index in [1.54, 1.807) is 43.3 Å². The summed E-state index contributed by atoms with van der Waals surface area (Å²) >= 11 is 0. The summed E-state index contributed by atoms with van der Waals surface area (Å²) in [7, 11) is 0. The summed E-state index contributed by atoms with van der Waals surface area (Å²) < 4.78 is 41.8. The van der Waals surface area contributed by atoms with Gasteiger partial charge >= 0.3 is 6.18 Å². The molecule has 0 saturated heterocycles. The van der Waals surface area contributed by atoms with Gasteiger partial charge in [0.15, 0.2) is 11.5 Å². The van der Waals surface area contributed by atoms with Crippen molar-refractivity contribution in [2.45, 2.75) is 51.6 Å². The fourth-order valence-corrected chi connectivity index (χ4v) is 4.97. The zero-order valence-electron chi connectivity index (χ0n) is 21.1. The Balaban J connectivity index is 1.27. The molecule has 0 atom stereocenters. The van der Waals surface area contributed by atoms with E-state index in [1.165, 1.54) is 0 Å². The van der Waals surface area contributed by atoms with Crippen LogP contribution in [0.5, 0.6) is 0 Å². The van der Waals surface area contributed by atoms with Crippen molar-refractivity contribution < 1.29 is 27.6 Å². The molecule has 1 aliphatic rings. The molecular formula is C29H30F3N3O3. The summed E-state index contributed by atoms with van der Waals surface area (Å²) in [6.45, 7) is 1.81. The molecule has 0 radical (unpaired) electrons. The van der Waals surface area contributed by atoms with Crippen LogP contribution in [0.4, 0.5) is 13.2 Å². The van der Waals surface area contributed by atoms with Crippen molar-refractivity contribution in [1.29, 1.82) is 0 Å². The molecule has 4 rings (SSSR count). The number of hydrogen-bond acceptors (Lipinski definition) is 4. The first-order valence-corrected chi connectivity index (χ1v) is 12.8. The summed E-state index contributed by atoms with van der Waals surface area (Å²) in [4.78, 5) is 38.0. The molecule has 1 aliphatic carbocycles. The molecule has 0 bridgehead atoms. The highest BCUT2D eigenvalue weighted by Gasteiger charge is 2.39. The van der Waals surface area contributed by atoms with Crippen LogP contribution in [0.2, 0.25) is 0 Å². The van der Waals surface area contributed by atoms with Gasteiger partial charge < -0.3 is 5.32 Å². The van der Waals surface area contributed by atoms with Crippen LogP contribution < -0.4 is 5.32 Å². The molecule has 38 heavy (non-hydrogen) atoms. The Morgan fingerprint density at radius 3 is 2.24 bits per heavy atom. The predicted molar refractivity (Wildman–Crippen MR) is 136 cm³/mol. The lowest BCUT2D eigenvalue weighted by atomic mass is 9.76. The van der Waals surface area contributed by atoms with Crippen molar-refractivity contribution in [3.63, 3.8) is 0 Å². The first-order valence-electron chi connectivity index (χ1n) is 12.8. The minimum Gasteiger partial charge on any atom is -0.352 e. The Morgan fingerprint density at radius 2 is 1.58 bits per heavy atom. The van der Waals surface area contributed by atoms with E-state index in [4.69, 9.17) is 0 Å². The van der Waals surface area contributed by atoms with Crippen molar-refractivity contribution in [2.24, 2.45) is 11.8 Å². The Morgan fingerprint density at radius 1 is 0.947 bits per heavy atom. The lowest BCUT2D eigenvalue weighted by molar-refractivity contribution is -0.141. The number of benzene rings is 2. The number of ketones is 2. The summed E-state index contributed by atoms with van der Waals surface area (Å²) in [5, 5.41) is 6.14. The number of aromatic nitrogens is 2. The lowest BCUT2D eigenvalue weighted by Gasteiger charge is -2.26. The highest BCUT2D eigenvalue weighted by atomic mass is 19.4. The number of nitrogens with zero attached hydrogens (tertiary/aromatic N) is 2. The van der Waals surface area contributed by atoms with Gasteiger partial charge in [-0.2, -0.15) is 18.3 Å². The van der Waals surface area contributed by atoms with E-state index >= 15 is 0 Å². The minimum absolute atomic E-state index is 0.0632. The summed E-state index contributed by atoms with van der Waals surface area (Å²) in [5.41, 5.74) is 0.0382. The summed E-state index contributed by atoms with van der Waals surface area (Å²) in [5.74, 6) is -0.917. The van der Waals surface area contributed by atoms with Crippen molar-refractivity contribution >= 4 is 17.5 Å². The van der Waals surface area contributed by atoms with Crippen LogP contribution in [0.3, 0.4) is 0 Å². The first kappa shape index (κ1) is 27.3. The minimum atomic E-state index is -4.79. The molecular weight excluding hydrogens is 495 g/mol. The van der Waals surface area contributed by atoms with Crippen molar-refractivity contribution in [2.75, 3.05) is 6.54 Å². The lowest BCUT2D eigenvalue weighted by Crippen LogP contribution is -2.28. The van der Waals surface area contributed by atoms with Crippen molar-refractivity contribution in [1.82, 2.24) is 15.1 Å². The van der Waals surface area contributed by atoms with Crippen LogP contribution in [0, 0.1) is 18.8 Å². The third-order valence-corrected chi connectivity index (χ3v) is 7.09. The predicted octanol–water partition coefficient (Wildman–Crippen LogP) is 5.97. The normalized spacial score (nSPS) is 17.7. The number of aryl methyl sites for hydroxylation is 1. The standard InChI is InChI=1S/C29H30F3N3O3/c1-19-8-5-6-11-24(19)35-18-23(27(34-35)29(30,31)32)28(38)33-17-7-12-25(36)20-13-15-22(16-14-20)26(37)21-9-3-2-4-10-21/h2-6,8-11,18,20,22H,7,12-17H2,1H3,(H,33,38). The fraction of sp³-hybridized carbons (Fsp3) is 0.379. The molecule has 1 aromatic heterocycles. The van der Waals surface area contributed by atoms with E-state index in [9.17, 15) is 27.6 Å². The number of nitrogens with one attached hydrogen (secondary N) is 1. The monoisotopic (exact) mass is 525 g/mol. The number of halogens is 3. The fourth-order valence-electron chi connectivity index (χ4n) is 4.97. The second-order valence-electron chi connectivity index (χ2n) is 9.72. The Kier molecular flexibility index (Phi) is 8.44. The third-order valence-electron chi connectivity index (χ3n) is 7.09. The molecule has 0 spiro atoms. The number of amides is 1. The van der Waals surface area contributed by atoms with Gasteiger partial charge in [0, 0.05) is 36.6 Å².